The number of aliphatic hydroxyl groups is 2. The van der Waals surface area contributed by atoms with E-state index in [1.54, 1.807) is 20.8 Å². The van der Waals surface area contributed by atoms with Gasteiger partial charge in [-0.3, -0.25) is 4.79 Å². The lowest BCUT2D eigenvalue weighted by Crippen LogP contribution is -2.50. The summed E-state index contributed by atoms with van der Waals surface area (Å²) in [6.07, 6.45) is -0.458. The first kappa shape index (κ1) is 21.0. The Labute approximate surface area is 154 Å². The van der Waals surface area contributed by atoms with Gasteiger partial charge in [0.2, 0.25) is 0 Å². The average molecular weight is 370 g/mol. The number of hydrogen-bond acceptors (Lipinski definition) is 7. The zero-order valence-corrected chi connectivity index (χ0v) is 15.9. The molecule has 2 aliphatic rings. The van der Waals surface area contributed by atoms with E-state index in [2.05, 4.69) is 0 Å². The van der Waals surface area contributed by atoms with Gasteiger partial charge in [0.1, 0.15) is 11.9 Å². The highest BCUT2D eigenvalue weighted by atomic mass is 16.6. The number of ether oxygens (including phenoxy) is 3. The van der Waals surface area contributed by atoms with E-state index < -0.39 is 24.3 Å². The molecule has 7 nitrogen and oxygen atoms in total. The summed E-state index contributed by atoms with van der Waals surface area (Å²) in [5, 5.41) is 20.8. The van der Waals surface area contributed by atoms with Crippen molar-refractivity contribution < 1.29 is 34.0 Å². The molecule has 2 aliphatic heterocycles. The molecule has 0 aromatic carbocycles. The van der Waals surface area contributed by atoms with Crippen molar-refractivity contribution in [2.75, 3.05) is 13.2 Å². The van der Waals surface area contributed by atoms with E-state index in [-0.39, 0.29) is 29.8 Å². The Bertz CT molecular complexity index is 544. The van der Waals surface area contributed by atoms with Crippen molar-refractivity contribution in [2.24, 2.45) is 11.8 Å². The van der Waals surface area contributed by atoms with E-state index in [9.17, 15) is 19.8 Å². The number of epoxide rings is 1. The van der Waals surface area contributed by atoms with Crippen molar-refractivity contribution in [1.29, 1.82) is 0 Å². The maximum absolute atomic E-state index is 11.5. The molecule has 2 saturated heterocycles. The largest absolute Gasteiger partial charge is 0.463 e. The van der Waals surface area contributed by atoms with Gasteiger partial charge in [-0.05, 0) is 33.6 Å². The van der Waals surface area contributed by atoms with E-state index in [4.69, 9.17) is 14.2 Å². The van der Waals surface area contributed by atoms with Crippen LogP contribution in [0.15, 0.2) is 11.6 Å². The summed E-state index contributed by atoms with van der Waals surface area (Å²) in [6, 6.07) is 0. The van der Waals surface area contributed by atoms with Crippen molar-refractivity contribution in [2.45, 2.75) is 71.1 Å². The summed E-state index contributed by atoms with van der Waals surface area (Å²) in [6.45, 7) is 7.48. The number of esters is 1. The molecule has 26 heavy (non-hydrogen) atoms. The molecule has 0 amide bonds. The molecule has 0 saturated carbocycles. The molecule has 2 N–H and O–H groups in total. The van der Waals surface area contributed by atoms with Gasteiger partial charge in [-0.1, -0.05) is 12.5 Å². The number of rotatable bonds is 8. The highest BCUT2D eigenvalue weighted by molar-refractivity contribution is 5.82. The standard InChI is InChI=1S/C19H30O7/c1-5-24-16(21)7-10(2)6-14-18(23)17(22)13(9-25-14)8-15-19(26-15)11(3)12(4)20/h7,11,13-15,17-19,22-23H,5-6,8-9H2,1-4H3. The maximum atomic E-state index is 11.5. The summed E-state index contributed by atoms with van der Waals surface area (Å²) in [7, 11) is 0. The first-order chi connectivity index (χ1) is 12.2. The molecule has 0 aromatic rings. The van der Waals surface area contributed by atoms with Crippen molar-refractivity contribution in [1.82, 2.24) is 0 Å². The Kier molecular flexibility index (Phi) is 7.34. The molecule has 0 bridgehead atoms. The Morgan fingerprint density at radius 3 is 2.54 bits per heavy atom. The third-order valence-corrected chi connectivity index (χ3v) is 5.20. The number of carbonyl (C=O) groups is 2. The third kappa shape index (κ3) is 5.36. The van der Waals surface area contributed by atoms with Crippen molar-refractivity contribution in [3.05, 3.63) is 11.6 Å². The number of Topliss-reactive ketones (excluding diaryl/α,β-unsaturated/α-hetero) is 1. The molecule has 2 heterocycles. The molecule has 2 rings (SSSR count). The van der Waals surface area contributed by atoms with Crippen LogP contribution in [0.1, 0.15) is 40.5 Å². The van der Waals surface area contributed by atoms with E-state index in [1.807, 2.05) is 6.92 Å². The Balaban J connectivity index is 1.84. The third-order valence-electron chi connectivity index (χ3n) is 5.20. The first-order valence-electron chi connectivity index (χ1n) is 9.22. The molecular weight excluding hydrogens is 340 g/mol. The zero-order chi connectivity index (χ0) is 19.4. The quantitative estimate of drug-likeness (QED) is 0.373. The van der Waals surface area contributed by atoms with E-state index in [0.29, 0.717) is 26.1 Å². The molecule has 0 aliphatic carbocycles. The lowest BCUT2D eigenvalue weighted by molar-refractivity contribution is -0.165. The van der Waals surface area contributed by atoms with Gasteiger partial charge in [0.25, 0.3) is 0 Å². The predicted octanol–water partition coefficient (Wildman–Crippen LogP) is 1.01. The summed E-state index contributed by atoms with van der Waals surface area (Å²) >= 11 is 0. The van der Waals surface area contributed by atoms with Gasteiger partial charge in [0, 0.05) is 17.9 Å². The zero-order valence-electron chi connectivity index (χ0n) is 15.9. The van der Waals surface area contributed by atoms with Gasteiger partial charge in [-0.15, -0.1) is 0 Å². The van der Waals surface area contributed by atoms with E-state index in [1.165, 1.54) is 6.08 Å². The Morgan fingerprint density at radius 1 is 1.23 bits per heavy atom. The van der Waals surface area contributed by atoms with Gasteiger partial charge in [-0.25, -0.2) is 4.79 Å². The van der Waals surface area contributed by atoms with Crippen LogP contribution in [0.4, 0.5) is 0 Å². The molecule has 148 valence electrons. The van der Waals surface area contributed by atoms with Gasteiger partial charge >= 0.3 is 5.97 Å². The fraction of sp³-hybridized carbons (Fsp3) is 0.789. The fourth-order valence-electron chi connectivity index (χ4n) is 3.41. The van der Waals surface area contributed by atoms with Crippen LogP contribution >= 0.6 is 0 Å². The van der Waals surface area contributed by atoms with Crippen LogP contribution in [-0.2, 0) is 23.8 Å². The van der Waals surface area contributed by atoms with E-state index in [0.717, 1.165) is 5.57 Å². The van der Waals surface area contributed by atoms with Crippen LogP contribution in [0.3, 0.4) is 0 Å². The van der Waals surface area contributed by atoms with Crippen LogP contribution in [-0.4, -0.2) is 65.7 Å². The topological polar surface area (TPSA) is 106 Å². The molecule has 7 atom stereocenters. The number of carbonyl (C=O) groups excluding carboxylic acids is 2. The number of hydrogen-bond donors (Lipinski definition) is 2. The van der Waals surface area contributed by atoms with Crippen molar-refractivity contribution >= 4 is 11.8 Å². The highest BCUT2D eigenvalue weighted by Crippen LogP contribution is 2.37. The van der Waals surface area contributed by atoms with Crippen LogP contribution in [0, 0.1) is 11.8 Å². The molecule has 7 heteroatoms. The minimum atomic E-state index is -1.04. The second-order valence-corrected chi connectivity index (χ2v) is 7.33. The van der Waals surface area contributed by atoms with E-state index >= 15 is 0 Å². The van der Waals surface area contributed by atoms with Gasteiger partial charge < -0.3 is 24.4 Å². The summed E-state index contributed by atoms with van der Waals surface area (Å²) in [5.41, 5.74) is 0.721. The van der Waals surface area contributed by atoms with Crippen LogP contribution in [0.2, 0.25) is 0 Å². The molecule has 0 spiro atoms. The second-order valence-electron chi connectivity index (χ2n) is 7.33. The summed E-state index contributed by atoms with van der Waals surface area (Å²) < 4.78 is 16.1. The van der Waals surface area contributed by atoms with Crippen LogP contribution in [0.25, 0.3) is 0 Å². The van der Waals surface area contributed by atoms with Crippen LogP contribution in [0.5, 0.6) is 0 Å². The normalized spacial score (nSPS) is 35.7. The van der Waals surface area contributed by atoms with Crippen molar-refractivity contribution in [3.8, 4) is 0 Å². The average Bonchev–Trinajstić information content (AvgIpc) is 3.33. The first-order valence-corrected chi connectivity index (χ1v) is 9.22. The molecule has 0 radical (unpaired) electrons. The van der Waals surface area contributed by atoms with Gasteiger partial charge in [0.05, 0.1) is 37.6 Å². The second kappa shape index (κ2) is 9.08. The lowest BCUT2D eigenvalue weighted by Gasteiger charge is -2.37. The number of aliphatic hydroxyl groups excluding tert-OH is 2. The molecule has 2 fully saturated rings. The fourth-order valence-corrected chi connectivity index (χ4v) is 3.41. The number of ketones is 1. The molecule has 7 unspecified atom stereocenters. The maximum Gasteiger partial charge on any atom is 0.330 e. The monoisotopic (exact) mass is 370 g/mol. The minimum Gasteiger partial charge on any atom is -0.463 e. The minimum absolute atomic E-state index is 0.0775. The predicted molar refractivity (Wildman–Crippen MR) is 93.4 cm³/mol. The lowest BCUT2D eigenvalue weighted by atomic mass is 9.85. The smallest absolute Gasteiger partial charge is 0.330 e. The van der Waals surface area contributed by atoms with Gasteiger partial charge in [0.15, 0.2) is 0 Å². The summed E-state index contributed by atoms with van der Waals surface area (Å²) in [5.74, 6) is -0.744. The Hall–Kier alpha value is -1.28. The molecular formula is C19H30O7. The Morgan fingerprint density at radius 2 is 1.92 bits per heavy atom. The highest BCUT2D eigenvalue weighted by Gasteiger charge is 2.48. The summed E-state index contributed by atoms with van der Waals surface area (Å²) in [4.78, 5) is 22.9. The van der Waals surface area contributed by atoms with Gasteiger partial charge in [-0.2, -0.15) is 0 Å². The SMILES string of the molecule is CCOC(=O)C=C(C)CC1OCC(CC2OC2C(C)C(C)=O)C(O)C1O. The van der Waals surface area contributed by atoms with Crippen molar-refractivity contribution in [3.63, 3.8) is 0 Å². The molecule has 0 aromatic heterocycles. The van der Waals surface area contributed by atoms with Crippen LogP contribution < -0.4 is 0 Å².